The Kier molecular flexibility index (Phi) is 2.56. The first-order valence-electron chi connectivity index (χ1n) is 8.82. The number of hydrogen-bond donors (Lipinski definition) is 0. The summed E-state index contributed by atoms with van der Waals surface area (Å²) in [5, 5.41) is 1.02. The Hall–Kier alpha value is -1.81. The van der Waals surface area contributed by atoms with Crippen molar-refractivity contribution in [2.75, 3.05) is 0 Å². The molecule has 4 heteroatoms. The standard InChI is InChI=1S/C20H23NO3/c1-19(2)12-9-10-20(3)17(24-20)14(12)15-16(23-19)11-7-5-6-8-13(11)21(4)18(15)22/h5-8,12,14,17H,9-10H2,1-4H3. The Labute approximate surface area is 141 Å². The van der Waals surface area contributed by atoms with Crippen LogP contribution in [0, 0.1) is 5.92 Å². The first-order chi connectivity index (χ1) is 11.3. The normalized spacial score (nSPS) is 35.6. The lowest BCUT2D eigenvalue weighted by Crippen LogP contribution is -2.51. The number of pyridine rings is 1. The van der Waals surface area contributed by atoms with Crippen LogP contribution in [-0.2, 0) is 11.8 Å². The predicted octanol–water partition coefficient (Wildman–Crippen LogP) is 3.36. The fourth-order valence-corrected chi connectivity index (χ4v) is 5.11. The summed E-state index contributed by atoms with van der Waals surface area (Å²) >= 11 is 0. The third-order valence-corrected chi connectivity index (χ3v) is 6.53. The summed E-state index contributed by atoms with van der Waals surface area (Å²) in [5.74, 6) is 1.23. The molecule has 2 fully saturated rings. The monoisotopic (exact) mass is 325 g/mol. The molecule has 4 unspecified atom stereocenters. The molecular weight excluding hydrogens is 302 g/mol. The highest BCUT2D eigenvalue weighted by Gasteiger charge is 2.65. The lowest BCUT2D eigenvalue weighted by molar-refractivity contribution is -0.00429. The van der Waals surface area contributed by atoms with Gasteiger partial charge in [0, 0.05) is 24.3 Å². The van der Waals surface area contributed by atoms with Crippen LogP contribution >= 0.6 is 0 Å². The third kappa shape index (κ3) is 1.65. The fourth-order valence-electron chi connectivity index (χ4n) is 5.11. The van der Waals surface area contributed by atoms with E-state index in [0.29, 0.717) is 5.92 Å². The molecule has 1 aromatic heterocycles. The summed E-state index contributed by atoms with van der Waals surface area (Å²) < 4.78 is 14.3. The summed E-state index contributed by atoms with van der Waals surface area (Å²) in [6.45, 7) is 6.50. The Bertz CT molecular complexity index is 928. The summed E-state index contributed by atoms with van der Waals surface area (Å²) in [7, 11) is 1.86. The van der Waals surface area contributed by atoms with Gasteiger partial charge >= 0.3 is 0 Å². The van der Waals surface area contributed by atoms with E-state index in [1.807, 2.05) is 25.2 Å². The Morgan fingerprint density at radius 3 is 2.75 bits per heavy atom. The molecule has 2 aromatic rings. The maximum absolute atomic E-state index is 13.2. The molecule has 0 amide bonds. The quantitative estimate of drug-likeness (QED) is 0.698. The topological polar surface area (TPSA) is 43.8 Å². The third-order valence-electron chi connectivity index (χ3n) is 6.53. The summed E-state index contributed by atoms with van der Waals surface area (Å²) in [4.78, 5) is 13.2. The minimum Gasteiger partial charge on any atom is -0.486 e. The van der Waals surface area contributed by atoms with Gasteiger partial charge in [-0.1, -0.05) is 12.1 Å². The van der Waals surface area contributed by atoms with E-state index in [-0.39, 0.29) is 28.8 Å². The smallest absolute Gasteiger partial charge is 0.258 e. The van der Waals surface area contributed by atoms with Gasteiger partial charge in [0.2, 0.25) is 0 Å². The molecule has 3 heterocycles. The second kappa shape index (κ2) is 4.23. The van der Waals surface area contributed by atoms with Gasteiger partial charge in [0.25, 0.3) is 5.56 Å². The molecule has 1 aliphatic carbocycles. The summed E-state index contributed by atoms with van der Waals surface area (Å²) in [6, 6.07) is 8.01. The molecule has 1 saturated carbocycles. The highest BCUT2D eigenvalue weighted by Crippen LogP contribution is 2.61. The van der Waals surface area contributed by atoms with Crippen LogP contribution in [0.2, 0.25) is 0 Å². The average molecular weight is 325 g/mol. The van der Waals surface area contributed by atoms with E-state index in [4.69, 9.17) is 9.47 Å². The first-order valence-corrected chi connectivity index (χ1v) is 8.82. The van der Waals surface area contributed by atoms with Crippen molar-refractivity contribution >= 4 is 10.9 Å². The van der Waals surface area contributed by atoms with Crippen molar-refractivity contribution in [1.29, 1.82) is 0 Å². The molecule has 5 rings (SSSR count). The minimum atomic E-state index is -0.292. The molecule has 1 aromatic carbocycles. The molecule has 0 radical (unpaired) electrons. The molecule has 4 atom stereocenters. The SMILES string of the molecule is Cn1c(=O)c2c(c3ccccc31)OC(C)(C)C1CCC3(C)OC3C21. The van der Waals surface area contributed by atoms with Gasteiger partial charge in [0.15, 0.2) is 0 Å². The van der Waals surface area contributed by atoms with Crippen molar-refractivity contribution in [1.82, 2.24) is 4.57 Å². The van der Waals surface area contributed by atoms with E-state index >= 15 is 0 Å². The van der Waals surface area contributed by atoms with Gasteiger partial charge in [-0.05, 0) is 45.7 Å². The Morgan fingerprint density at radius 2 is 1.96 bits per heavy atom. The molecular formula is C20H23NO3. The van der Waals surface area contributed by atoms with Gasteiger partial charge in [0.1, 0.15) is 11.4 Å². The van der Waals surface area contributed by atoms with Crippen molar-refractivity contribution in [3.05, 3.63) is 40.2 Å². The average Bonchev–Trinajstić information content (AvgIpc) is 3.24. The highest BCUT2D eigenvalue weighted by molar-refractivity contribution is 5.87. The molecule has 4 nitrogen and oxygen atoms in total. The van der Waals surface area contributed by atoms with Gasteiger partial charge < -0.3 is 14.0 Å². The molecule has 0 spiro atoms. The number of ether oxygens (including phenoxy) is 2. The number of rotatable bonds is 0. The van der Waals surface area contributed by atoms with Gasteiger partial charge in [-0.25, -0.2) is 0 Å². The van der Waals surface area contributed by atoms with Crippen LogP contribution in [0.15, 0.2) is 29.1 Å². The number of fused-ring (bicyclic) bond motifs is 7. The van der Waals surface area contributed by atoms with E-state index in [2.05, 4.69) is 26.8 Å². The minimum absolute atomic E-state index is 0.0531. The Balaban J connectivity index is 1.85. The van der Waals surface area contributed by atoms with Crippen LogP contribution in [0.25, 0.3) is 10.9 Å². The van der Waals surface area contributed by atoms with Gasteiger partial charge in [-0.2, -0.15) is 0 Å². The zero-order valence-corrected chi connectivity index (χ0v) is 14.6. The number of hydrogen-bond acceptors (Lipinski definition) is 3. The lowest BCUT2D eigenvalue weighted by Gasteiger charge is -2.47. The summed E-state index contributed by atoms with van der Waals surface area (Å²) in [6.07, 6.45) is 2.24. The van der Waals surface area contributed by atoms with Crippen LogP contribution in [0.5, 0.6) is 5.75 Å². The second-order valence-electron chi connectivity index (χ2n) is 8.35. The number of benzene rings is 1. The van der Waals surface area contributed by atoms with E-state index in [1.165, 1.54) is 0 Å². The Morgan fingerprint density at radius 1 is 1.21 bits per heavy atom. The summed E-state index contributed by atoms with van der Waals surface area (Å²) in [5.41, 5.74) is 1.47. The van der Waals surface area contributed by atoms with Crippen LogP contribution in [-0.4, -0.2) is 21.9 Å². The predicted molar refractivity (Wildman–Crippen MR) is 92.6 cm³/mol. The largest absolute Gasteiger partial charge is 0.486 e. The fraction of sp³-hybridized carbons (Fsp3) is 0.550. The van der Waals surface area contributed by atoms with E-state index in [9.17, 15) is 4.79 Å². The van der Waals surface area contributed by atoms with Crippen molar-refractivity contribution in [2.45, 2.75) is 56.8 Å². The molecule has 0 bridgehead atoms. The number of para-hydroxylation sites is 1. The molecule has 3 aliphatic rings. The van der Waals surface area contributed by atoms with Crippen LogP contribution in [0.3, 0.4) is 0 Å². The number of epoxide rings is 1. The molecule has 1 saturated heterocycles. The molecule has 2 aliphatic heterocycles. The van der Waals surface area contributed by atoms with Crippen LogP contribution in [0.1, 0.15) is 45.1 Å². The molecule has 24 heavy (non-hydrogen) atoms. The lowest BCUT2D eigenvalue weighted by atomic mass is 9.64. The van der Waals surface area contributed by atoms with Crippen LogP contribution < -0.4 is 10.3 Å². The number of aryl methyl sites for hydroxylation is 1. The van der Waals surface area contributed by atoms with Crippen molar-refractivity contribution in [3.63, 3.8) is 0 Å². The first kappa shape index (κ1) is 14.5. The number of nitrogens with zero attached hydrogens (tertiary/aromatic N) is 1. The molecule has 0 N–H and O–H groups in total. The van der Waals surface area contributed by atoms with Gasteiger partial charge in [-0.15, -0.1) is 0 Å². The highest BCUT2D eigenvalue weighted by atomic mass is 16.6. The maximum Gasteiger partial charge on any atom is 0.258 e. The van der Waals surface area contributed by atoms with Gasteiger partial charge in [0.05, 0.1) is 22.8 Å². The zero-order valence-electron chi connectivity index (χ0n) is 14.6. The second-order valence-corrected chi connectivity index (χ2v) is 8.35. The van der Waals surface area contributed by atoms with Gasteiger partial charge in [-0.3, -0.25) is 4.79 Å². The number of aromatic nitrogens is 1. The van der Waals surface area contributed by atoms with E-state index in [1.54, 1.807) is 4.57 Å². The van der Waals surface area contributed by atoms with Crippen molar-refractivity contribution in [3.8, 4) is 5.75 Å². The zero-order chi connectivity index (χ0) is 16.9. The van der Waals surface area contributed by atoms with E-state index < -0.39 is 0 Å². The van der Waals surface area contributed by atoms with Crippen molar-refractivity contribution < 1.29 is 9.47 Å². The maximum atomic E-state index is 13.2. The van der Waals surface area contributed by atoms with Crippen LogP contribution in [0.4, 0.5) is 0 Å². The van der Waals surface area contributed by atoms with E-state index in [0.717, 1.165) is 35.1 Å². The molecule has 126 valence electrons. The van der Waals surface area contributed by atoms with Crippen molar-refractivity contribution in [2.24, 2.45) is 13.0 Å².